The highest BCUT2D eigenvalue weighted by Crippen LogP contribution is 2.27. The van der Waals surface area contributed by atoms with Gasteiger partial charge in [-0.2, -0.15) is 0 Å². The van der Waals surface area contributed by atoms with Crippen molar-refractivity contribution in [2.45, 2.75) is 26.3 Å². The van der Waals surface area contributed by atoms with Crippen molar-refractivity contribution in [2.75, 3.05) is 32.2 Å². The molecule has 0 unspecified atom stereocenters. The predicted molar refractivity (Wildman–Crippen MR) is 88.7 cm³/mol. The molecule has 12 heteroatoms. The van der Waals surface area contributed by atoms with Crippen molar-refractivity contribution in [1.29, 1.82) is 0 Å². The van der Waals surface area contributed by atoms with Crippen LogP contribution in [0.25, 0.3) is 0 Å². The number of urea groups is 1. The molecular weight excluding hydrogens is 395 g/mol. The molecule has 0 atom stereocenters. The molecule has 0 saturated carbocycles. The molecule has 1 aromatic carbocycles. The van der Waals surface area contributed by atoms with E-state index in [0.717, 1.165) is 0 Å². The van der Waals surface area contributed by atoms with E-state index in [1.165, 1.54) is 7.11 Å². The number of benzene rings is 1. The van der Waals surface area contributed by atoms with E-state index in [-0.39, 0.29) is 6.54 Å². The molecular formula is C15H21F5N2O4Si. The second kappa shape index (κ2) is 10.5. The molecule has 0 aliphatic rings. The molecule has 2 amide bonds. The topological polar surface area (TPSA) is 68.8 Å². The SMILES string of the molecule is CCO[Si](CCCNC(=O)Nc1c(F)c(F)c(F)c(F)c1F)(OC)OCC. The summed E-state index contributed by atoms with van der Waals surface area (Å²) in [4.78, 5) is 11.7. The molecule has 2 N–H and O–H groups in total. The average Bonchev–Trinajstić information content (AvgIpc) is 2.65. The van der Waals surface area contributed by atoms with E-state index >= 15 is 0 Å². The van der Waals surface area contributed by atoms with E-state index in [4.69, 9.17) is 13.3 Å². The third-order valence-electron chi connectivity index (χ3n) is 3.43. The minimum Gasteiger partial charge on any atom is -0.377 e. The van der Waals surface area contributed by atoms with Crippen LogP contribution in [0.1, 0.15) is 20.3 Å². The van der Waals surface area contributed by atoms with Gasteiger partial charge in [0.15, 0.2) is 23.3 Å². The second-order valence-corrected chi connectivity index (χ2v) is 8.03. The van der Waals surface area contributed by atoms with Crippen molar-refractivity contribution in [3.63, 3.8) is 0 Å². The Labute approximate surface area is 154 Å². The van der Waals surface area contributed by atoms with Crippen LogP contribution in [0, 0.1) is 29.1 Å². The summed E-state index contributed by atoms with van der Waals surface area (Å²) in [5, 5.41) is 3.87. The van der Waals surface area contributed by atoms with Crippen molar-refractivity contribution in [3.05, 3.63) is 29.1 Å². The molecule has 0 bridgehead atoms. The van der Waals surface area contributed by atoms with Crippen molar-refractivity contribution < 1.29 is 40.0 Å². The van der Waals surface area contributed by atoms with Gasteiger partial charge in [-0.25, -0.2) is 26.7 Å². The summed E-state index contributed by atoms with van der Waals surface area (Å²) < 4.78 is 82.6. The number of anilines is 1. The lowest BCUT2D eigenvalue weighted by Gasteiger charge is -2.27. The van der Waals surface area contributed by atoms with Gasteiger partial charge >= 0.3 is 14.8 Å². The number of carbonyl (C=O) groups is 1. The summed E-state index contributed by atoms with van der Waals surface area (Å²) >= 11 is 0. The Kier molecular flexibility index (Phi) is 9.09. The van der Waals surface area contributed by atoms with Crippen molar-refractivity contribution >= 4 is 20.5 Å². The Balaban J connectivity index is 2.65. The molecule has 0 aliphatic heterocycles. The summed E-state index contributed by atoms with van der Waals surface area (Å²) in [7, 11) is -1.44. The van der Waals surface area contributed by atoms with Gasteiger partial charge in [0.1, 0.15) is 5.69 Å². The maximum atomic E-state index is 13.5. The van der Waals surface area contributed by atoms with Crippen molar-refractivity contribution in [2.24, 2.45) is 0 Å². The molecule has 0 heterocycles. The molecule has 1 rings (SSSR count). The minimum absolute atomic E-state index is 0.0273. The fraction of sp³-hybridized carbons (Fsp3) is 0.533. The van der Waals surface area contributed by atoms with Crippen LogP contribution in [0.15, 0.2) is 0 Å². The lowest BCUT2D eigenvalue weighted by molar-refractivity contribution is 0.0861. The first kappa shape index (κ1) is 23.3. The van der Waals surface area contributed by atoms with E-state index in [1.54, 1.807) is 19.2 Å². The quantitative estimate of drug-likeness (QED) is 0.201. The standard InChI is InChI=1S/C15H21F5N2O4Si/c1-4-25-27(24-3,26-5-2)8-6-7-21-15(23)22-14-12(19)10(17)9(16)11(18)13(14)20/h4-8H2,1-3H3,(H2,21,22,23). The zero-order chi connectivity index (χ0) is 20.6. The van der Waals surface area contributed by atoms with Gasteiger partial charge in [-0.15, -0.1) is 0 Å². The van der Waals surface area contributed by atoms with Gasteiger partial charge in [0.25, 0.3) is 0 Å². The number of carbonyl (C=O) groups excluding carboxylic acids is 1. The zero-order valence-electron chi connectivity index (χ0n) is 15.1. The third-order valence-corrected chi connectivity index (χ3v) is 6.48. The van der Waals surface area contributed by atoms with Gasteiger partial charge in [-0.3, -0.25) is 0 Å². The van der Waals surface area contributed by atoms with Gasteiger partial charge in [-0.1, -0.05) is 0 Å². The molecule has 0 aromatic heterocycles. The molecule has 27 heavy (non-hydrogen) atoms. The zero-order valence-corrected chi connectivity index (χ0v) is 16.1. The fourth-order valence-corrected chi connectivity index (χ4v) is 4.53. The van der Waals surface area contributed by atoms with Crippen LogP contribution in [0.3, 0.4) is 0 Å². The molecule has 1 aromatic rings. The highest BCUT2D eigenvalue weighted by Gasteiger charge is 2.38. The van der Waals surface area contributed by atoms with E-state index in [9.17, 15) is 26.7 Å². The van der Waals surface area contributed by atoms with Crippen LogP contribution in [-0.4, -0.2) is 41.7 Å². The van der Waals surface area contributed by atoms with Crippen LogP contribution in [0.5, 0.6) is 0 Å². The first-order valence-electron chi connectivity index (χ1n) is 8.12. The second-order valence-electron chi connectivity index (χ2n) is 5.18. The van der Waals surface area contributed by atoms with Gasteiger partial charge in [0, 0.05) is 32.9 Å². The first-order valence-corrected chi connectivity index (χ1v) is 10.1. The molecule has 0 spiro atoms. The smallest absolute Gasteiger partial charge is 0.377 e. The Morgan fingerprint density at radius 1 is 0.926 bits per heavy atom. The van der Waals surface area contributed by atoms with E-state index in [1.807, 2.05) is 0 Å². The largest absolute Gasteiger partial charge is 0.500 e. The van der Waals surface area contributed by atoms with Crippen molar-refractivity contribution in [3.8, 4) is 0 Å². The number of halogens is 5. The average molecular weight is 416 g/mol. The number of rotatable bonds is 10. The molecule has 0 saturated heterocycles. The Hall–Kier alpha value is -1.76. The van der Waals surface area contributed by atoms with Gasteiger partial charge in [0.05, 0.1) is 0 Å². The fourth-order valence-electron chi connectivity index (χ4n) is 2.22. The number of hydrogen-bond donors (Lipinski definition) is 2. The number of hydrogen-bond acceptors (Lipinski definition) is 4. The molecule has 6 nitrogen and oxygen atoms in total. The molecule has 0 aliphatic carbocycles. The summed E-state index contributed by atoms with van der Waals surface area (Å²) in [5.74, 6) is -10.8. The Bertz CT molecular complexity index is 631. The maximum absolute atomic E-state index is 13.5. The monoisotopic (exact) mass is 416 g/mol. The summed E-state index contributed by atoms with van der Waals surface area (Å²) in [6.45, 7) is 4.31. The summed E-state index contributed by atoms with van der Waals surface area (Å²) in [5.41, 5.74) is -1.42. The highest BCUT2D eigenvalue weighted by atomic mass is 28.4. The molecule has 0 fully saturated rings. The van der Waals surface area contributed by atoms with Crippen LogP contribution in [-0.2, 0) is 13.3 Å². The Morgan fingerprint density at radius 2 is 1.41 bits per heavy atom. The summed E-state index contributed by atoms with van der Waals surface area (Å²) in [6.07, 6.45) is 0.338. The van der Waals surface area contributed by atoms with Crippen molar-refractivity contribution in [1.82, 2.24) is 5.32 Å². The van der Waals surface area contributed by atoms with Crippen LogP contribution in [0.4, 0.5) is 32.4 Å². The van der Waals surface area contributed by atoms with E-state index in [0.29, 0.717) is 25.7 Å². The van der Waals surface area contributed by atoms with Gasteiger partial charge in [0.2, 0.25) is 5.82 Å². The maximum Gasteiger partial charge on any atom is 0.500 e. The summed E-state index contributed by atoms with van der Waals surface area (Å²) in [6, 6.07) is -0.774. The lowest BCUT2D eigenvalue weighted by atomic mass is 10.2. The van der Waals surface area contributed by atoms with E-state index in [2.05, 4.69) is 5.32 Å². The first-order chi connectivity index (χ1) is 12.7. The highest BCUT2D eigenvalue weighted by molar-refractivity contribution is 6.60. The number of amides is 2. The van der Waals surface area contributed by atoms with Gasteiger partial charge in [-0.05, 0) is 20.3 Å². The van der Waals surface area contributed by atoms with E-state index < -0.39 is 49.6 Å². The number of nitrogens with one attached hydrogen (secondary N) is 2. The normalized spacial score (nSPS) is 11.6. The molecule has 154 valence electrons. The predicted octanol–water partition coefficient (Wildman–Crippen LogP) is 3.55. The lowest BCUT2D eigenvalue weighted by Crippen LogP contribution is -2.45. The van der Waals surface area contributed by atoms with Crippen LogP contribution >= 0.6 is 0 Å². The van der Waals surface area contributed by atoms with Crippen LogP contribution in [0.2, 0.25) is 6.04 Å². The minimum atomic E-state index is -2.89. The third kappa shape index (κ3) is 5.86. The van der Waals surface area contributed by atoms with Crippen LogP contribution < -0.4 is 10.6 Å². The molecule has 0 radical (unpaired) electrons. The Morgan fingerprint density at radius 3 is 1.85 bits per heavy atom. The van der Waals surface area contributed by atoms with Gasteiger partial charge < -0.3 is 23.9 Å².